The highest BCUT2D eigenvalue weighted by atomic mass is 16.6. The molecule has 0 amide bonds. The van der Waals surface area contributed by atoms with E-state index in [1.165, 1.54) is 6.92 Å². The molecule has 3 unspecified atom stereocenters. The van der Waals surface area contributed by atoms with E-state index >= 15 is 0 Å². The molecule has 3 aliphatic carbocycles. The van der Waals surface area contributed by atoms with E-state index in [4.69, 9.17) is 11.2 Å². The van der Waals surface area contributed by atoms with Crippen LogP contribution in [-0.2, 0) is 14.3 Å². The number of ketones is 1. The molecule has 3 atom stereocenters. The van der Waals surface area contributed by atoms with Crippen LogP contribution < -0.4 is 0 Å². The summed E-state index contributed by atoms with van der Waals surface area (Å²) in [6.07, 6.45) is 8.98. The summed E-state index contributed by atoms with van der Waals surface area (Å²) in [5.41, 5.74) is -0.696. The van der Waals surface area contributed by atoms with Crippen LogP contribution in [0.3, 0.4) is 0 Å². The molecule has 2 bridgehead atoms. The molecule has 3 saturated carbocycles. The van der Waals surface area contributed by atoms with Crippen molar-refractivity contribution in [3.05, 3.63) is 0 Å². The monoisotopic (exact) mass is 220 g/mol. The topological polar surface area (TPSA) is 43.4 Å². The molecule has 3 fully saturated rings. The van der Waals surface area contributed by atoms with Crippen molar-refractivity contribution in [2.24, 2.45) is 11.8 Å². The van der Waals surface area contributed by atoms with Crippen molar-refractivity contribution in [2.45, 2.75) is 44.6 Å². The fourth-order valence-corrected chi connectivity index (χ4v) is 3.26. The predicted molar refractivity (Wildman–Crippen MR) is 58.4 cm³/mol. The Morgan fingerprint density at radius 1 is 1.62 bits per heavy atom. The van der Waals surface area contributed by atoms with Crippen LogP contribution in [0.2, 0.25) is 0 Å². The van der Waals surface area contributed by atoms with E-state index in [2.05, 4.69) is 5.92 Å². The molecule has 0 aromatic heterocycles. The van der Waals surface area contributed by atoms with Gasteiger partial charge in [0.15, 0.2) is 0 Å². The minimum atomic E-state index is -0.696. The number of terminal acetylenes is 1. The summed E-state index contributed by atoms with van der Waals surface area (Å²) in [7, 11) is 0. The van der Waals surface area contributed by atoms with Crippen molar-refractivity contribution in [1.82, 2.24) is 0 Å². The fourth-order valence-electron chi connectivity index (χ4n) is 3.26. The molecular formula is C13H16O3. The zero-order valence-electron chi connectivity index (χ0n) is 9.49. The molecule has 16 heavy (non-hydrogen) atoms. The Labute approximate surface area is 95.5 Å². The number of fused-ring (bicyclic) bond motifs is 3. The lowest BCUT2D eigenvalue weighted by Crippen LogP contribution is -2.54. The van der Waals surface area contributed by atoms with Crippen LogP contribution in [0.4, 0.5) is 0 Å². The standard InChI is InChI=1S/C13H16O3/c1-3-6-13(16-9(2)14)8-10-4-5-11(13)12(15)7-10/h1,10-11H,4-8H2,2H3. The highest BCUT2D eigenvalue weighted by Gasteiger charge is 2.53. The van der Waals surface area contributed by atoms with E-state index in [1.54, 1.807) is 0 Å². The van der Waals surface area contributed by atoms with Crippen molar-refractivity contribution < 1.29 is 14.3 Å². The van der Waals surface area contributed by atoms with Gasteiger partial charge in [0.2, 0.25) is 0 Å². The van der Waals surface area contributed by atoms with Crippen LogP contribution in [0.5, 0.6) is 0 Å². The highest BCUT2D eigenvalue weighted by molar-refractivity contribution is 5.85. The number of hydrogen-bond acceptors (Lipinski definition) is 3. The van der Waals surface area contributed by atoms with Gasteiger partial charge in [-0.05, 0) is 25.2 Å². The Kier molecular flexibility index (Phi) is 2.75. The van der Waals surface area contributed by atoms with Crippen molar-refractivity contribution in [2.75, 3.05) is 0 Å². The molecule has 0 heterocycles. The maximum atomic E-state index is 11.9. The molecule has 0 aromatic rings. The molecule has 3 nitrogen and oxygen atoms in total. The van der Waals surface area contributed by atoms with Gasteiger partial charge in [0.05, 0.1) is 5.92 Å². The lowest BCUT2D eigenvalue weighted by Gasteiger charge is -2.48. The third-order valence-electron chi connectivity index (χ3n) is 3.76. The van der Waals surface area contributed by atoms with Crippen LogP contribution in [0, 0.1) is 24.2 Å². The average molecular weight is 220 g/mol. The van der Waals surface area contributed by atoms with Gasteiger partial charge in [-0.25, -0.2) is 0 Å². The fraction of sp³-hybridized carbons (Fsp3) is 0.692. The number of esters is 1. The number of hydrogen-bond donors (Lipinski definition) is 0. The number of Topliss-reactive ketones (excluding diaryl/α,β-unsaturated/α-hetero) is 1. The van der Waals surface area contributed by atoms with Crippen LogP contribution in [0.25, 0.3) is 0 Å². The number of rotatable bonds is 2. The first-order valence-electron chi connectivity index (χ1n) is 5.73. The van der Waals surface area contributed by atoms with Crippen molar-refractivity contribution in [3.8, 4) is 12.3 Å². The van der Waals surface area contributed by atoms with Crippen LogP contribution in [0.1, 0.15) is 39.0 Å². The number of carbonyl (C=O) groups is 2. The van der Waals surface area contributed by atoms with E-state index in [9.17, 15) is 9.59 Å². The van der Waals surface area contributed by atoms with E-state index in [0.29, 0.717) is 18.8 Å². The zero-order valence-corrected chi connectivity index (χ0v) is 9.49. The van der Waals surface area contributed by atoms with Crippen LogP contribution in [0.15, 0.2) is 0 Å². The normalized spacial score (nSPS) is 36.9. The van der Waals surface area contributed by atoms with E-state index in [1.807, 2.05) is 0 Å². The number of carbonyl (C=O) groups excluding carboxylic acids is 2. The number of ether oxygens (including phenoxy) is 1. The summed E-state index contributed by atoms with van der Waals surface area (Å²) in [5.74, 6) is 2.63. The maximum Gasteiger partial charge on any atom is 0.303 e. The van der Waals surface area contributed by atoms with Crippen LogP contribution in [-0.4, -0.2) is 17.4 Å². The summed E-state index contributed by atoms with van der Waals surface area (Å²) in [6.45, 7) is 1.38. The zero-order chi connectivity index (χ0) is 11.8. The first kappa shape index (κ1) is 11.2. The Bertz CT molecular complexity index is 366. The van der Waals surface area contributed by atoms with Crippen molar-refractivity contribution in [3.63, 3.8) is 0 Å². The maximum absolute atomic E-state index is 11.9. The molecule has 0 radical (unpaired) electrons. The summed E-state index contributed by atoms with van der Waals surface area (Å²) >= 11 is 0. The molecule has 3 rings (SSSR count). The smallest absolute Gasteiger partial charge is 0.303 e. The minimum Gasteiger partial charge on any atom is -0.457 e. The van der Waals surface area contributed by atoms with Gasteiger partial charge >= 0.3 is 5.97 Å². The Balaban J connectivity index is 2.28. The lowest BCUT2D eigenvalue weighted by molar-refractivity contribution is -0.179. The summed E-state index contributed by atoms with van der Waals surface area (Å²) in [5, 5.41) is 0. The molecule has 0 aliphatic heterocycles. The van der Waals surface area contributed by atoms with Gasteiger partial charge in [0, 0.05) is 19.8 Å². The van der Waals surface area contributed by atoms with Gasteiger partial charge in [-0.1, -0.05) is 0 Å². The molecular weight excluding hydrogens is 204 g/mol. The third kappa shape index (κ3) is 1.73. The van der Waals surface area contributed by atoms with E-state index in [-0.39, 0.29) is 17.7 Å². The summed E-state index contributed by atoms with van der Waals surface area (Å²) in [6, 6.07) is 0. The van der Waals surface area contributed by atoms with Crippen LogP contribution >= 0.6 is 0 Å². The molecule has 0 N–H and O–H groups in total. The first-order chi connectivity index (χ1) is 7.57. The Morgan fingerprint density at radius 3 is 2.88 bits per heavy atom. The molecule has 3 heteroatoms. The minimum absolute atomic E-state index is 0.169. The van der Waals surface area contributed by atoms with E-state index in [0.717, 1.165) is 19.3 Å². The van der Waals surface area contributed by atoms with Crippen molar-refractivity contribution >= 4 is 11.8 Å². The molecule has 0 aromatic carbocycles. The van der Waals surface area contributed by atoms with Gasteiger partial charge in [-0.15, -0.1) is 12.3 Å². The van der Waals surface area contributed by atoms with Gasteiger partial charge in [0.25, 0.3) is 0 Å². The van der Waals surface area contributed by atoms with Gasteiger partial charge < -0.3 is 4.74 Å². The van der Waals surface area contributed by atoms with Crippen molar-refractivity contribution in [1.29, 1.82) is 0 Å². The predicted octanol–water partition coefficient (Wildman–Crippen LogP) is 1.70. The van der Waals surface area contributed by atoms with Gasteiger partial charge in [-0.2, -0.15) is 0 Å². The second-order valence-electron chi connectivity index (χ2n) is 4.91. The highest BCUT2D eigenvalue weighted by Crippen LogP contribution is 2.49. The first-order valence-corrected chi connectivity index (χ1v) is 5.73. The Hall–Kier alpha value is -1.30. The molecule has 0 spiro atoms. The quantitative estimate of drug-likeness (QED) is 0.525. The Morgan fingerprint density at radius 2 is 2.38 bits per heavy atom. The van der Waals surface area contributed by atoms with E-state index < -0.39 is 5.60 Å². The van der Waals surface area contributed by atoms with Gasteiger partial charge in [-0.3, -0.25) is 9.59 Å². The summed E-state index contributed by atoms with van der Waals surface area (Å²) < 4.78 is 5.42. The largest absolute Gasteiger partial charge is 0.457 e. The second kappa shape index (κ2) is 3.93. The molecule has 0 saturated heterocycles. The average Bonchev–Trinajstić information content (AvgIpc) is 2.16. The van der Waals surface area contributed by atoms with Gasteiger partial charge in [0.1, 0.15) is 11.4 Å². The lowest BCUT2D eigenvalue weighted by atomic mass is 9.60. The third-order valence-corrected chi connectivity index (χ3v) is 3.76. The SMILES string of the molecule is C#CCC1(OC(C)=O)CC2CCC1C(=O)C2. The summed E-state index contributed by atoms with van der Waals surface area (Å²) in [4.78, 5) is 23.0. The molecule has 3 aliphatic rings. The molecule has 86 valence electrons. The second-order valence-corrected chi connectivity index (χ2v) is 4.91.